The molecule has 0 saturated carbocycles. The first kappa shape index (κ1) is 34.3. The highest BCUT2D eigenvalue weighted by atomic mass is 16.4. The second-order valence-corrected chi connectivity index (χ2v) is 10.2. The van der Waals surface area contributed by atoms with Gasteiger partial charge < -0.3 is 10.0 Å². The van der Waals surface area contributed by atoms with E-state index in [4.69, 9.17) is 15.1 Å². The Morgan fingerprint density at radius 2 is 1.81 bits per heavy atom. The number of carboxylic acids is 1. The monoisotopic (exact) mass is 574 g/mol. The average Bonchev–Trinajstić information content (AvgIpc) is 3.18. The molecule has 1 fully saturated rings. The van der Waals surface area contributed by atoms with Gasteiger partial charge in [-0.25, -0.2) is 9.97 Å². The van der Waals surface area contributed by atoms with E-state index in [2.05, 4.69) is 50.1 Å². The molecule has 8 heteroatoms. The van der Waals surface area contributed by atoms with Gasteiger partial charge in [-0.2, -0.15) is 0 Å². The van der Waals surface area contributed by atoms with Gasteiger partial charge in [0.2, 0.25) is 5.91 Å². The van der Waals surface area contributed by atoms with Crippen LogP contribution in [0.2, 0.25) is 0 Å². The molecule has 2 rings (SSSR count). The van der Waals surface area contributed by atoms with E-state index in [1.807, 2.05) is 25.2 Å². The highest BCUT2D eigenvalue weighted by Crippen LogP contribution is 2.23. The Labute approximate surface area is 250 Å². The van der Waals surface area contributed by atoms with Crippen molar-refractivity contribution in [2.75, 3.05) is 26.2 Å². The molecule has 1 aliphatic rings. The second kappa shape index (κ2) is 18.5. The molecule has 1 atom stereocenters. The van der Waals surface area contributed by atoms with Gasteiger partial charge in [-0.15, -0.1) is 6.58 Å². The normalized spacial score (nSPS) is 15.9. The quantitative estimate of drug-likeness (QED) is 0.113. The van der Waals surface area contributed by atoms with Gasteiger partial charge in [0.25, 0.3) is 0 Å². The fourth-order valence-electron chi connectivity index (χ4n) is 4.75. The average molecular weight is 575 g/mol. The third-order valence-electron chi connectivity index (χ3n) is 6.96. The number of Topliss-reactive ketones (excluding diaryl/α,β-unsaturated/α-hetero) is 1. The van der Waals surface area contributed by atoms with E-state index in [1.54, 1.807) is 17.1 Å². The van der Waals surface area contributed by atoms with E-state index < -0.39 is 5.97 Å². The minimum atomic E-state index is -0.823. The summed E-state index contributed by atoms with van der Waals surface area (Å²) < 4.78 is 0. The zero-order valence-electron chi connectivity index (χ0n) is 25.4. The number of unbranched alkanes of at least 4 members (excludes halogenated alkanes) is 1. The first-order valence-electron chi connectivity index (χ1n) is 14.9. The maximum absolute atomic E-state index is 13.2. The highest BCUT2D eigenvalue weighted by Gasteiger charge is 2.26. The first-order chi connectivity index (χ1) is 20.3. The molecule has 0 spiro atoms. The number of aryl methyl sites for hydroxylation is 1. The van der Waals surface area contributed by atoms with Crippen LogP contribution in [-0.4, -0.2) is 74.8 Å². The number of carboxylic acid groups (broad SMARTS) is 1. The minimum absolute atomic E-state index is 0.0171. The van der Waals surface area contributed by atoms with Crippen LogP contribution in [0.5, 0.6) is 0 Å². The molecular weight excluding hydrogens is 528 g/mol. The Kier molecular flexibility index (Phi) is 15.1. The summed E-state index contributed by atoms with van der Waals surface area (Å²) in [5.74, 6) is -1.11. The van der Waals surface area contributed by atoms with Crippen LogP contribution in [0.1, 0.15) is 82.1 Å². The molecule has 1 aliphatic heterocycles. The predicted octanol–water partition coefficient (Wildman–Crippen LogP) is 5.92. The standard InChI is InChI=1S/C34H46N4O4/c1-6-11-16-26(15-8-3)34-31(18-13-14-19-33(41)42)35-30(29(10-5)36-34)20-21-32(40)38-23-22-37(24-28(39)25-38)27(9-4)17-12-7-2/h7,9-12,15-16,20-21,27H,4-6,8,13-14,17-19,22-25H2,1-3H3,(H,41,42)/b12-7-,16-11-,21-20+,26-15+. The van der Waals surface area contributed by atoms with Gasteiger partial charge in [-0.1, -0.05) is 56.9 Å². The van der Waals surface area contributed by atoms with Gasteiger partial charge in [-0.05, 0) is 63.2 Å². The molecule has 0 radical (unpaired) electrons. The zero-order chi connectivity index (χ0) is 30.9. The SMILES string of the molecule is C=Cc1nc(C(/C=C\CC)=C/CC)c(CCCCC(=O)O)nc1/C=C/C(=O)N1CCN(C(C=C)C/C=C\C)CC(=O)C1. The Balaban J connectivity index is 2.35. The molecule has 0 aliphatic carbocycles. The second-order valence-electron chi connectivity index (χ2n) is 10.2. The molecule has 1 N–H and O–H groups in total. The molecule has 0 bridgehead atoms. The van der Waals surface area contributed by atoms with Gasteiger partial charge in [0.1, 0.15) is 0 Å². The summed E-state index contributed by atoms with van der Waals surface area (Å²) in [6, 6.07) is 0.0347. The number of allylic oxidation sites excluding steroid dienone is 5. The summed E-state index contributed by atoms with van der Waals surface area (Å²) >= 11 is 0. The van der Waals surface area contributed by atoms with Crippen LogP contribution in [0.25, 0.3) is 17.7 Å². The third-order valence-corrected chi connectivity index (χ3v) is 6.96. The van der Waals surface area contributed by atoms with Crippen LogP contribution < -0.4 is 0 Å². The first-order valence-corrected chi connectivity index (χ1v) is 14.9. The number of carbonyl (C=O) groups excluding carboxylic acids is 2. The number of hydrogen-bond donors (Lipinski definition) is 1. The fourth-order valence-corrected chi connectivity index (χ4v) is 4.75. The minimum Gasteiger partial charge on any atom is -0.481 e. The van der Waals surface area contributed by atoms with Gasteiger partial charge in [0, 0.05) is 31.6 Å². The Bertz CT molecular complexity index is 1230. The van der Waals surface area contributed by atoms with E-state index in [9.17, 15) is 14.4 Å². The van der Waals surface area contributed by atoms with Gasteiger partial charge in [0.05, 0.1) is 35.9 Å². The maximum Gasteiger partial charge on any atom is 0.303 e. The number of nitrogens with zero attached hydrogens (tertiary/aromatic N) is 4. The summed E-state index contributed by atoms with van der Waals surface area (Å²) in [7, 11) is 0. The molecule has 1 aromatic heterocycles. The van der Waals surface area contributed by atoms with Gasteiger partial charge in [-0.3, -0.25) is 19.3 Å². The molecule has 226 valence electrons. The van der Waals surface area contributed by atoms with E-state index in [0.29, 0.717) is 43.7 Å². The predicted molar refractivity (Wildman–Crippen MR) is 171 cm³/mol. The number of carbonyl (C=O) groups is 3. The zero-order valence-corrected chi connectivity index (χ0v) is 25.4. The maximum atomic E-state index is 13.2. The van der Waals surface area contributed by atoms with Crippen LogP contribution >= 0.6 is 0 Å². The van der Waals surface area contributed by atoms with E-state index >= 15 is 0 Å². The highest BCUT2D eigenvalue weighted by molar-refractivity contribution is 5.95. The molecule has 0 aromatic carbocycles. The lowest BCUT2D eigenvalue weighted by molar-refractivity contribution is -0.137. The van der Waals surface area contributed by atoms with E-state index in [1.165, 1.54) is 6.08 Å². The lowest BCUT2D eigenvalue weighted by Crippen LogP contribution is -2.38. The summed E-state index contributed by atoms with van der Waals surface area (Å²) in [6.07, 6.45) is 21.1. The third kappa shape index (κ3) is 10.8. The van der Waals surface area contributed by atoms with Crippen LogP contribution in [0.15, 0.2) is 55.7 Å². The summed E-state index contributed by atoms with van der Waals surface area (Å²) in [5, 5.41) is 9.05. The smallest absolute Gasteiger partial charge is 0.303 e. The number of aromatic nitrogens is 2. The molecule has 8 nitrogen and oxygen atoms in total. The van der Waals surface area contributed by atoms with Crippen molar-refractivity contribution in [2.24, 2.45) is 0 Å². The fraction of sp³-hybridized carbons (Fsp3) is 0.441. The molecule has 42 heavy (non-hydrogen) atoms. The van der Waals surface area contributed by atoms with Crippen LogP contribution in [0, 0.1) is 0 Å². The number of ketones is 1. The topological polar surface area (TPSA) is 104 Å². The number of rotatable bonds is 16. The van der Waals surface area contributed by atoms with Crippen LogP contribution in [0.4, 0.5) is 0 Å². The largest absolute Gasteiger partial charge is 0.481 e. The Morgan fingerprint density at radius 3 is 2.45 bits per heavy atom. The van der Waals surface area contributed by atoms with Crippen LogP contribution in [0.3, 0.4) is 0 Å². The van der Waals surface area contributed by atoms with Crippen molar-refractivity contribution < 1.29 is 19.5 Å². The van der Waals surface area contributed by atoms with Crippen molar-refractivity contribution >= 4 is 35.4 Å². The molecule has 2 heterocycles. The molecular formula is C34H46N4O4. The molecule has 1 amide bonds. The van der Waals surface area contributed by atoms with Crippen molar-refractivity contribution in [3.8, 4) is 0 Å². The Morgan fingerprint density at radius 1 is 1.02 bits per heavy atom. The van der Waals surface area contributed by atoms with E-state index in [0.717, 1.165) is 36.2 Å². The van der Waals surface area contributed by atoms with Crippen molar-refractivity contribution in [1.82, 2.24) is 19.8 Å². The van der Waals surface area contributed by atoms with Crippen molar-refractivity contribution in [2.45, 2.75) is 71.8 Å². The Hall–Kier alpha value is -3.91. The van der Waals surface area contributed by atoms with Crippen molar-refractivity contribution in [1.29, 1.82) is 0 Å². The van der Waals surface area contributed by atoms with Crippen molar-refractivity contribution in [3.05, 3.63) is 78.5 Å². The van der Waals surface area contributed by atoms with Crippen LogP contribution in [-0.2, 0) is 20.8 Å². The van der Waals surface area contributed by atoms with Gasteiger partial charge in [0.15, 0.2) is 5.78 Å². The lowest BCUT2D eigenvalue weighted by Gasteiger charge is -2.26. The van der Waals surface area contributed by atoms with E-state index in [-0.39, 0.29) is 37.2 Å². The number of amides is 1. The number of hydrogen-bond acceptors (Lipinski definition) is 6. The summed E-state index contributed by atoms with van der Waals surface area (Å²) in [4.78, 5) is 50.4. The van der Waals surface area contributed by atoms with Crippen molar-refractivity contribution in [3.63, 3.8) is 0 Å². The number of aliphatic carboxylic acids is 1. The molecule has 1 unspecified atom stereocenters. The van der Waals surface area contributed by atoms with Gasteiger partial charge >= 0.3 is 5.97 Å². The lowest BCUT2D eigenvalue weighted by atomic mass is 10.0. The summed E-state index contributed by atoms with van der Waals surface area (Å²) in [6.45, 7) is 15.3. The molecule has 1 aromatic rings. The molecule has 1 saturated heterocycles. The summed E-state index contributed by atoms with van der Waals surface area (Å²) in [5.41, 5.74) is 3.49.